The SMILES string of the molecule is Nc1cc2cn[nH]c2cc1NCCc1ccc(O)cc1. The van der Waals surface area contributed by atoms with E-state index in [-0.39, 0.29) is 5.75 Å². The van der Waals surface area contributed by atoms with Gasteiger partial charge in [0, 0.05) is 11.9 Å². The number of hydrogen-bond donors (Lipinski definition) is 4. The fourth-order valence-electron chi connectivity index (χ4n) is 2.17. The van der Waals surface area contributed by atoms with E-state index in [0.717, 1.165) is 35.1 Å². The molecule has 5 heteroatoms. The van der Waals surface area contributed by atoms with Crippen LogP contribution in [0.4, 0.5) is 11.4 Å². The predicted molar refractivity (Wildman–Crippen MR) is 80.8 cm³/mol. The van der Waals surface area contributed by atoms with Gasteiger partial charge in [0.15, 0.2) is 0 Å². The smallest absolute Gasteiger partial charge is 0.115 e. The van der Waals surface area contributed by atoms with Crippen molar-refractivity contribution in [3.05, 3.63) is 48.2 Å². The number of aromatic amines is 1. The second-order valence-electron chi connectivity index (χ2n) is 4.74. The number of aromatic nitrogens is 2. The number of aromatic hydroxyl groups is 1. The topological polar surface area (TPSA) is 87.0 Å². The van der Waals surface area contributed by atoms with Gasteiger partial charge >= 0.3 is 0 Å². The molecular formula is C15H16N4O. The summed E-state index contributed by atoms with van der Waals surface area (Å²) in [5.74, 6) is 0.288. The third kappa shape index (κ3) is 2.51. The Morgan fingerprint density at radius 3 is 2.80 bits per heavy atom. The van der Waals surface area contributed by atoms with Gasteiger partial charge in [-0.1, -0.05) is 12.1 Å². The molecule has 0 saturated carbocycles. The number of H-pyrrole nitrogens is 1. The number of phenols is 1. The summed E-state index contributed by atoms with van der Waals surface area (Å²) in [4.78, 5) is 0. The second kappa shape index (κ2) is 5.13. The molecule has 2 aromatic carbocycles. The van der Waals surface area contributed by atoms with Crippen LogP contribution in [-0.2, 0) is 6.42 Å². The molecule has 20 heavy (non-hydrogen) atoms. The number of nitrogens with zero attached hydrogens (tertiary/aromatic N) is 1. The van der Waals surface area contributed by atoms with E-state index < -0.39 is 0 Å². The highest BCUT2D eigenvalue weighted by atomic mass is 16.3. The lowest BCUT2D eigenvalue weighted by Gasteiger charge is -2.09. The van der Waals surface area contributed by atoms with Crippen molar-refractivity contribution in [3.8, 4) is 5.75 Å². The molecule has 0 aliphatic rings. The lowest BCUT2D eigenvalue weighted by atomic mass is 10.1. The van der Waals surface area contributed by atoms with Crippen LogP contribution in [0.25, 0.3) is 10.9 Å². The van der Waals surface area contributed by atoms with E-state index in [1.165, 1.54) is 0 Å². The molecule has 0 aliphatic heterocycles. The first-order chi connectivity index (χ1) is 9.72. The fourth-order valence-corrected chi connectivity index (χ4v) is 2.17. The molecule has 0 unspecified atom stereocenters. The van der Waals surface area contributed by atoms with Gasteiger partial charge in [-0.2, -0.15) is 5.10 Å². The third-order valence-corrected chi connectivity index (χ3v) is 3.28. The van der Waals surface area contributed by atoms with Gasteiger partial charge in [0.25, 0.3) is 0 Å². The average Bonchev–Trinajstić information content (AvgIpc) is 2.88. The van der Waals surface area contributed by atoms with Gasteiger partial charge in [-0.3, -0.25) is 5.10 Å². The standard InChI is InChI=1S/C15H16N4O/c16-13-7-11-9-18-19-14(11)8-15(13)17-6-5-10-1-3-12(20)4-2-10/h1-4,7-9,17,20H,5-6,16H2,(H,18,19). The first kappa shape index (κ1) is 12.3. The van der Waals surface area contributed by atoms with Crippen LogP contribution >= 0.6 is 0 Å². The highest BCUT2D eigenvalue weighted by molar-refractivity contribution is 5.88. The number of nitrogens with two attached hydrogens (primary N) is 1. The Balaban J connectivity index is 1.67. The van der Waals surface area contributed by atoms with E-state index >= 15 is 0 Å². The maximum atomic E-state index is 9.24. The maximum Gasteiger partial charge on any atom is 0.115 e. The first-order valence-electron chi connectivity index (χ1n) is 6.47. The molecule has 5 N–H and O–H groups in total. The zero-order valence-corrected chi connectivity index (χ0v) is 10.9. The number of nitrogen functional groups attached to an aromatic ring is 1. The van der Waals surface area contributed by atoms with E-state index in [2.05, 4.69) is 15.5 Å². The number of benzene rings is 2. The Kier molecular flexibility index (Phi) is 3.16. The van der Waals surface area contributed by atoms with Gasteiger partial charge in [-0.25, -0.2) is 0 Å². The largest absolute Gasteiger partial charge is 0.508 e. The zero-order chi connectivity index (χ0) is 13.9. The Morgan fingerprint density at radius 2 is 2.00 bits per heavy atom. The van der Waals surface area contributed by atoms with Crippen LogP contribution in [0.2, 0.25) is 0 Å². The highest BCUT2D eigenvalue weighted by Crippen LogP contribution is 2.24. The van der Waals surface area contributed by atoms with Crippen molar-refractivity contribution in [3.63, 3.8) is 0 Å². The van der Waals surface area contributed by atoms with Crippen LogP contribution in [-0.4, -0.2) is 21.8 Å². The molecule has 0 amide bonds. The lowest BCUT2D eigenvalue weighted by Crippen LogP contribution is -2.06. The van der Waals surface area contributed by atoms with E-state index in [1.54, 1.807) is 18.3 Å². The molecule has 102 valence electrons. The Hall–Kier alpha value is -2.69. The first-order valence-corrected chi connectivity index (χ1v) is 6.47. The predicted octanol–water partition coefficient (Wildman–Crippen LogP) is 2.51. The Morgan fingerprint density at radius 1 is 1.20 bits per heavy atom. The minimum Gasteiger partial charge on any atom is -0.508 e. The third-order valence-electron chi connectivity index (χ3n) is 3.28. The summed E-state index contributed by atoms with van der Waals surface area (Å²) in [6.07, 6.45) is 2.62. The van der Waals surface area contributed by atoms with Crippen molar-refractivity contribution in [1.82, 2.24) is 10.2 Å². The average molecular weight is 268 g/mol. The highest BCUT2D eigenvalue weighted by Gasteiger charge is 2.03. The summed E-state index contributed by atoms with van der Waals surface area (Å²) in [7, 11) is 0. The normalized spacial score (nSPS) is 10.8. The Bertz CT molecular complexity index is 718. The molecule has 0 bridgehead atoms. The van der Waals surface area contributed by atoms with E-state index in [9.17, 15) is 5.11 Å². The van der Waals surface area contributed by atoms with Crippen LogP contribution < -0.4 is 11.1 Å². The van der Waals surface area contributed by atoms with Crippen molar-refractivity contribution in [1.29, 1.82) is 0 Å². The molecule has 5 nitrogen and oxygen atoms in total. The molecule has 1 aromatic heterocycles. The number of phenolic OH excluding ortho intramolecular Hbond substituents is 1. The van der Waals surface area contributed by atoms with Gasteiger partial charge in [-0.15, -0.1) is 0 Å². The number of nitrogens with one attached hydrogen (secondary N) is 2. The number of hydrogen-bond acceptors (Lipinski definition) is 4. The van der Waals surface area contributed by atoms with Crippen LogP contribution in [0.1, 0.15) is 5.56 Å². The van der Waals surface area contributed by atoms with Gasteiger partial charge < -0.3 is 16.2 Å². The van der Waals surface area contributed by atoms with E-state index in [4.69, 9.17) is 5.73 Å². The number of anilines is 2. The summed E-state index contributed by atoms with van der Waals surface area (Å²) < 4.78 is 0. The van der Waals surface area contributed by atoms with E-state index in [0.29, 0.717) is 5.69 Å². The van der Waals surface area contributed by atoms with Gasteiger partial charge in [0.05, 0.1) is 23.1 Å². The second-order valence-corrected chi connectivity index (χ2v) is 4.74. The molecular weight excluding hydrogens is 252 g/mol. The van der Waals surface area contributed by atoms with Gasteiger partial charge in [0.2, 0.25) is 0 Å². The molecule has 0 saturated heterocycles. The van der Waals surface area contributed by atoms with Crippen LogP contribution in [0, 0.1) is 0 Å². The van der Waals surface area contributed by atoms with Gasteiger partial charge in [-0.05, 0) is 36.2 Å². The molecule has 1 heterocycles. The summed E-state index contributed by atoms with van der Waals surface area (Å²) in [6, 6.07) is 11.1. The van der Waals surface area contributed by atoms with Crippen molar-refractivity contribution < 1.29 is 5.11 Å². The van der Waals surface area contributed by atoms with Crippen LogP contribution in [0.15, 0.2) is 42.6 Å². The minimum absolute atomic E-state index is 0.288. The summed E-state index contributed by atoms with van der Waals surface area (Å²) in [5, 5.41) is 20.5. The van der Waals surface area contributed by atoms with Gasteiger partial charge in [0.1, 0.15) is 5.75 Å². The minimum atomic E-state index is 0.288. The van der Waals surface area contributed by atoms with Crippen molar-refractivity contribution in [2.45, 2.75) is 6.42 Å². The lowest BCUT2D eigenvalue weighted by molar-refractivity contribution is 0.475. The summed E-state index contributed by atoms with van der Waals surface area (Å²) >= 11 is 0. The molecule has 0 atom stereocenters. The number of fused-ring (bicyclic) bond motifs is 1. The fraction of sp³-hybridized carbons (Fsp3) is 0.133. The van der Waals surface area contributed by atoms with Crippen LogP contribution in [0.3, 0.4) is 0 Å². The summed E-state index contributed by atoms with van der Waals surface area (Å²) in [5.41, 5.74) is 9.75. The van der Waals surface area contributed by atoms with E-state index in [1.807, 2.05) is 24.3 Å². The summed E-state index contributed by atoms with van der Waals surface area (Å²) in [6.45, 7) is 0.772. The zero-order valence-electron chi connectivity index (χ0n) is 10.9. The monoisotopic (exact) mass is 268 g/mol. The molecule has 3 rings (SSSR count). The molecule has 0 spiro atoms. The number of rotatable bonds is 4. The molecule has 0 fully saturated rings. The Labute approximate surface area is 116 Å². The molecule has 3 aromatic rings. The molecule has 0 radical (unpaired) electrons. The van der Waals surface area contributed by atoms with Crippen molar-refractivity contribution >= 4 is 22.3 Å². The quantitative estimate of drug-likeness (QED) is 0.547. The van der Waals surface area contributed by atoms with Crippen molar-refractivity contribution in [2.24, 2.45) is 0 Å². The van der Waals surface area contributed by atoms with Crippen molar-refractivity contribution in [2.75, 3.05) is 17.6 Å². The maximum absolute atomic E-state index is 9.24. The van der Waals surface area contributed by atoms with Crippen LogP contribution in [0.5, 0.6) is 5.75 Å². The molecule has 0 aliphatic carbocycles.